The van der Waals surface area contributed by atoms with E-state index in [0.717, 1.165) is 22.7 Å². The average Bonchev–Trinajstić information content (AvgIpc) is 3.00. The van der Waals surface area contributed by atoms with Gasteiger partial charge in [-0.1, -0.05) is 29.4 Å². The average molecular weight is 285 g/mol. The molecule has 0 fully saturated rings. The molecule has 2 aromatic carbocycles. The fraction of sp³-hybridized carbons (Fsp3) is 0.133. The van der Waals surface area contributed by atoms with Gasteiger partial charge in [0.05, 0.1) is 0 Å². The zero-order chi connectivity index (χ0) is 14.7. The van der Waals surface area contributed by atoms with E-state index in [0.29, 0.717) is 12.1 Å². The molecular formula is C15H15N3O3. The highest BCUT2D eigenvalue weighted by molar-refractivity contribution is 5.98. The number of hydrogen-bond acceptors (Lipinski definition) is 5. The van der Waals surface area contributed by atoms with Crippen LogP contribution in [0.4, 0.5) is 5.69 Å². The maximum absolute atomic E-state index is 8.82. The molecule has 21 heavy (non-hydrogen) atoms. The number of amidine groups is 1. The fourth-order valence-electron chi connectivity index (χ4n) is 2.18. The maximum Gasteiger partial charge on any atom is 0.231 e. The van der Waals surface area contributed by atoms with Crippen molar-refractivity contribution in [3.05, 3.63) is 53.6 Å². The summed E-state index contributed by atoms with van der Waals surface area (Å²) < 4.78 is 10.6. The molecule has 4 N–H and O–H groups in total. The number of oxime groups is 1. The molecule has 0 unspecified atom stereocenters. The predicted molar refractivity (Wildman–Crippen MR) is 78.8 cm³/mol. The third-order valence-electron chi connectivity index (χ3n) is 3.26. The molecule has 0 aliphatic carbocycles. The number of nitrogens with zero attached hydrogens (tertiary/aromatic N) is 1. The Labute approximate surface area is 121 Å². The minimum Gasteiger partial charge on any atom is -0.454 e. The Hall–Kier alpha value is -2.89. The number of fused-ring (bicyclic) bond motifs is 1. The monoisotopic (exact) mass is 285 g/mol. The van der Waals surface area contributed by atoms with Crippen molar-refractivity contribution in [2.75, 3.05) is 12.1 Å². The molecular weight excluding hydrogens is 270 g/mol. The zero-order valence-corrected chi connectivity index (χ0v) is 11.2. The van der Waals surface area contributed by atoms with Crippen LogP contribution in [0.2, 0.25) is 0 Å². The number of ether oxygens (including phenoxy) is 2. The van der Waals surface area contributed by atoms with Crippen LogP contribution >= 0.6 is 0 Å². The Morgan fingerprint density at radius 3 is 2.86 bits per heavy atom. The molecule has 3 rings (SSSR count). The van der Waals surface area contributed by atoms with Gasteiger partial charge in [-0.15, -0.1) is 0 Å². The molecule has 6 nitrogen and oxygen atoms in total. The molecule has 1 aliphatic heterocycles. The SMILES string of the molecule is NC(=NO)c1ccccc1CNc1ccc2c(c1)OCO2. The van der Waals surface area contributed by atoms with Crippen LogP contribution in [0.25, 0.3) is 0 Å². The van der Waals surface area contributed by atoms with Gasteiger partial charge in [-0.05, 0) is 17.7 Å². The first kappa shape index (κ1) is 13.1. The second-order valence-electron chi connectivity index (χ2n) is 4.56. The standard InChI is InChI=1S/C15H15N3O3/c16-15(18-19)12-4-2-1-3-10(12)8-17-11-5-6-13-14(7-11)21-9-20-13/h1-7,17,19H,8-9H2,(H2,16,18). The lowest BCUT2D eigenvalue weighted by molar-refractivity contribution is 0.174. The van der Waals surface area contributed by atoms with Gasteiger partial charge in [0.25, 0.3) is 0 Å². The Bertz CT molecular complexity index is 686. The molecule has 2 aromatic rings. The molecule has 0 spiro atoms. The van der Waals surface area contributed by atoms with E-state index in [2.05, 4.69) is 10.5 Å². The minimum absolute atomic E-state index is 0.0955. The lowest BCUT2D eigenvalue weighted by Crippen LogP contribution is -2.16. The summed E-state index contributed by atoms with van der Waals surface area (Å²) >= 11 is 0. The second kappa shape index (κ2) is 5.62. The van der Waals surface area contributed by atoms with Gasteiger partial charge in [-0.2, -0.15) is 0 Å². The first-order chi connectivity index (χ1) is 10.3. The van der Waals surface area contributed by atoms with Crippen molar-refractivity contribution in [2.45, 2.75) is 6.54 Å². The Morgan fingerprint density at radius 2 is 2.00 bits per heavy atom. The third-order valence-corrected chi connectivity index (χ3v) is 3.26. The molecule has 108 valence electrons. The Morgan fingerprint density at radius 1 is 1.19 bits per heavy atom. The van der Waals surface area contributed by atoms with E-state index in [1.54, 1.807) is 0 Å². The van der Waals surface area contributed by atoms with E-state index >= 15 is 0 Å². The summed E-state index contributed by atoms with van der Waals surface area (Å²) in [5, 5.41) is 15.1. The summed E-state index contributed by atoms with van der Waals surface area (Å²) in [6.45, 7) is 0.803. The molecule has 0 atom stereocenters. The smallest absolute Gasteiger partial charge is 0.231 e. The first-order valence-corrected chi connectivity index (χ1v) is 6.47. The van der Waals surface area contributed by atoms with E-state index in [4.69, 9.17) is 20.4 Å². The molecule has 0 saturated heterocycles. The summed E-state index contributed by atoms with van der Waals surface area (Å²) in [5.74, 6) is 1.57. The van der Waals surface area contributed by atoms with Crippen LogP contribution in [-0.2, 0) is 6.54 Å². The molecule has 0 bridgehead atoms. The summed E-state index contributed by atoms with van der Waals surface area (Å²) in [7, 11) is 0. The van der Waals surface area contributed by atoms with Crippen molar-refractivity contribution in [1.29, 1.82) is 0 Å². The lowest BCUT2D eigenvalue weighted by atomic mass is 10.1. The highest BCUT2D eigenvalue weighted by atomic mass is 16.7. The highest BCUT2D eigenvalue weighted by Gasteiger charge is 2.13. The van der Waals surface area contributed by atoms with Crippen molar-refractivity contribution in [3.63, 3.8) is 0 Å². The largest absolute Gasteiger partial charge is 0.454 e. The van der Waals surface area contributed by atoms with Crippen LogP contribution < -0.4 is 20.5 Å². The highest BCUT2D eigenvalue weighted by Crippen LogP contribution is 2.34. The van der Waals surface area contributed by atoms with Crippen molar-refractivity contribution in [3.8, 4) is 11.5 Å². The van der Waals surface area contributed by atoms with Crippen LogP contribution in [0.15, 0.2) is 47.6 Å². The third kappa shape index (κ3) is 2.69. The normalized spacial score (nSPS) is 13.2. The van der Waals surface area contributed by atoms with Crippen molar-refractivity contribution in [2.24, 2.45) is 10.9 Å². The summed E-state index contributed by atoms with van der Waals surface area (Å²) in [6.07, 6.45) is 0. The molecule has 1 aliphatic rings. The minimum atomic E-state index is 0.0955. The maximum atomic E-state index is 8.82. The number of nitrogens with one attached hydrogen (secondary N) is 1. The predicted octanol–water partition coefficient (Wildman–Crippen LogP) is 2.12. The number of nitrogens with two attached hydrogens (primary N) is 1. The molecule has 0 aromatic heterocycles. The van der Waals surface area contributed by atoms with E-state index in [-0.39, 0.29) is 12.6 Å². The van der Waals surface area contributed by atoms with Gasteiger partial charge in [0.15, 0.2) is 17.3 Å². The molecule has 1 heterocycles. The van der Waals surface area contributed by atoms with Crippen molar-refractivity contribution >= 4 is 11.5 Å². The van der Waals surface area contributed by atoms with E-state index in [1.807, 2.05) is 42.5 Å². The van der Waals surface area contributed by atoms with Gasteiger partial charge in [0.1, 0.15) is 0 Å². The summed E-state index contributed by atoms with van der Waals surface area (Å²) in [4.78, 5) is 0. The first-order valence-electron chi connectivity index (χ1n) is 6.47. The Balaban J connectivity index is 1.76. The molecule has 0 radical (unpaired) electrons. The number of benzene rings is 2. The van der Waals surface area contributed by atoms with Crippen LogP contribution in [-0.4, -0.2) is 17.8 Å². The van der Waals surface area contributed by atoms with Gasteiger partial charge >= 0.3 is 0 Å². The van der Waals surface area contributed by atoms with Gasteiger partial charge < -0.3 is 25.7 Å². The van der Waals surface area contributed by atoms with Crippen molar-refractivity contribution in [1.82, 2.24) is 0 Å². The fourth-order valence-corrected chi connectivity index (χ4v) is 2.18. The summed E-state index contributed by atoms with van der Waals surface area (Å²) in [6, 6.07) is 13.1. The van der Waals surface area contributed by atoms with Gasteiger partial charge in [0, 0.05) is 23.9 Å². The number of rotatable bonds is 4. The quantitative estimate of drug-likeness (QED) is 0.346. The van der Waals surface area contributed by atoms with Crippen LogP contribution in [0.1, 0.15) is 11.1 Å². The Kier molecular flexibility index (Phi) is 3.51. The van der Waals surface area contributed by atoms with Gasteiger partial charge in [-0.25, -0.2) is 0 Å². The van der Waals surface area contributed by atoms with Crippen LogP contribution in [0.3, 0.4) is 0 Å². The summed E-state index contributed by atoms with van der Waals surface area (Å²) in [5.41, 5.74) is 8.22. The lowest BCUT2D eigenvalue weighted by Gasteiger charge is -2.11. The van der Waals surface area contributed by atoms with Crippen LogP contribution in [0.5, 0.6) is 11.5 Å². The van der Waals surface area contributed by atoms with Gasteiger partial charge in [0.2, 0.25) is 6.79 Å². The molecule has 6 heteroatoms. The number of hydrogen-bond donors (Lipinski definition) is 3. The zero-order valence-electron chi connectivity index (χ0n) is 11.2. The second-order valence-corrected chi connectivity index (χ2v) is 4.56. The van der Waals surface area contributed by atoms with Crippen molar-refractivity contribution < 1.29 is 14.7 Å². The molecule has 0 amide bonds. The topological polar surface area (TPSA) is 89.1 Å². The number of anilines is 1. The van der Waals surface area contributed by atoms with E-state index in [9.17, 15) is 0 Å². The van der Waals surface area contributed by atoms with E-state index < -0.39 is 0 Å². The van der Waals surface area contributed by atoms with E-state index in [1.165, 1.54) is 0 Å². The van der Waals surface area contributed by atoms with Gasteiger partial charge in [-0.3, -0.25) is 0 Å². The van der Waals surface area contributed by atoms with Crippen LogP contribution in [0, 0.1) is 0 Å². The molecule has 0 saturated carbocycles.